The van der Waals surface area contributed by atoms with E-state index in [9.17, 15) is 4.79 Å². The summed E-state index contributed by atoms with van der Waals surface area (Å²) in [6, 6.07) is 14.5. The predicted molar refractivity (Wildman–Crippen MR) is 126 cm³/mol. The van der Waals surface area contributed by atoms with Crippen molar-refractivity contribution in [2.45, 2.75) is 30.8 Å². The van der Waals surface area contributed by atoms with Gasteiger partial charge >= 0.3 is 0 Å². The maximum absolute atomic E-state index is 12.6. The fraction of sp³-hybridized carbons (Fsp3) is 0.375. The summed E-state index contributed by atoms with van der Waals surface area (Å²) in [6.07, 6.45) is 6.08. The van der Waals surface area contributed by atoms with Gasteiger partial charge in [0, 0.05) is 53.1 Å². The van der Waals surface area contributed by atoms with Crippen LogP contribution in [0.25, 0.3) is 10.9 Å². The van der Waals surface area contributed by atoms with Crippen LogP contribution in [0.3, 0.4) is 0 Å². The zero-order valence-electron chi connectivity index (χ0n) is 17.5. The van der Waals surface area contributed by atoms with E-state index >= 15 is 0 Å². The molecule has 0 radical (unpaired) electrons. The standard InChI is InChI=1S/C24H28ClN3OS/c1-27-15-19(22-13-20(25)5-8-23(22)27)16-28-11-9-18(10-12-28)24(29)26-14-17-3-6-21(30-2)7-4-17/h3-8,13,15,18H,9-12,14,16H2,1-2H3,(H,26,29). The molecule has 0 aliphatic carbocycles. The van der Waals surface area contributed by atoms with E-state index in [2.05, 4.69) is 70.7 Å². The number of nitrogens with one attached hydrogen (secondary N) is 1. The Labute approximate surface area is 187 Å². The zero-order valence-corrected chi connectivity index (χ0v) is 19.1. The fourth-order valence-electron chi connectivity index (χ4n) is 4.24. The van der Waals surface area contributed by atoms with Gasteiger partial charge in [-0.2, -0.15) is 0 Å². The normalized spacial score (nSPS) is 15.6. The van der Waals surface area contributed by atoms with Crippen LogP contribution in [-0.2, 0) is 24.9 Å². The summed E-state index contributed by atoms with van der Waals surface area (Å²) in [5.41, 5.74) is 3.65. The number of nitrogens with zero attached hydrogens (tertiary/aromatic N) is 2. The molecule has 1 aromatic heterocycles. The highest BCUT2D eigenvalue weighted by Gasteiger charge is 2.25. The van der Waals surface area contributed by atoms with Crippen LogP contribution in [0.5, 0.6) is 0 Å². The van der Waals surface area contributed by atoms with Crippen LogP contribution in [-0.4, -0.2) is 34.7 Å². The Morgan fingerprint density at radius 1 is 1.17 bits per heavy atom. The van der Waals surface area contributed by atoms with Crippen LogP contribution in [0.1, 0.15) is 24.0 Å². The molecule has 4 nitrogen and oxygen atoms in total. The van der Waals surface area contributed by atoms with Crippen molar-refractivity contribution in [3.63, 3.8) is 0 Å². The number of hydrogen-bond donors (Lipinski definition) is 1. The van der Waals surface area contributed by atoms with Crippen molar-refractivity contribution >= 4 is 40.2 Å². The lowest BCUT2D eigenvalue weighted by atomic mass is 9.95. The summed E-state index contributed by atoms with van der Waals surface area (Å²) >= 11 is 7.95. The van der Waals surface area contributed by atoms with Crippen LogP contribution in [0.2, 0.25) is 5.02 Å². The number of benzene rings is 2. The number of carbonyl (C=O) groups excluding carboxylic acids is 1. The molecule has 1 aliphatic heterocycles. The Morgan fingerprint density at radius 3 is 2.60 bits per heavy atom. The molecular formula is C24H28ClN3OS. The van der Waals surface area contributed by atoms with Crippen LogP contribution < -0.4 is 5.32 Å². The zero-order chi connectivity index (χ0) is 21.1. The van der Waals surface area contributed by atoms with E-state index in [4.69, 9.17) is 11.6 Å². The minimum absolute atomic E-state index is 0.105. The van der Waals surface area contributed by atoms with Crippen LogP contribution >= 0.6 is 23.4 Å². The third-order valence-corrected chi connectivity index (χ3v) is 6.99. The largest absolute Gasteiger partial charge is 0.352 e. The monoisotopic (exact) mass is 441 g/mol. The highest BCUT2D eigenvalue weighted by atomic mass is 35.5. The van der Waals surface area contributed by atoms with Gasteiger partial charge in [-0.15, -0.1) is 11.8 Å². The van der Waals surface area contributed by atoms with E-state index in [0.29, 0.717) is 6.54 Å². The number of aromatic nitrogens is 1. The van der Waals surface area contributed by atoms with Gasteiger partial charge in [0.1, 0.15) is 0 Å². The number of piperidine rings is 1. The maximum atomic E-state index is 12.6. The minimum Gasteiger partial charge on any atom is -0.352 e. The Hall–Kier alpha value is -1.95. The molecule has 3 aromatic rings. The molecule has 2 heterocycles. The average Bonchev–Trinajstić information content (AvgIpc) is 3.07. The summed E-state index contributed by atoms with van der Waals surface area (Å²) in [5.74, 6) is 0.286. The first kappa shape index (κ1) is 21.3. The number of hydrogen-bond acceptors (Lipinski definition) is 3. The molecule has 0 spiro atoms. The molecule has 0 atom stereocenters. The minimum atomic E-state index is 0.105. The van der Waals surface area contributed by atoms with Gasteiger partial charge in [0.2, 0.25) is 5.91 Å². The molecule has 30 heavy (non-hydrogen) atoms. The lowest BCUT2D eigenvalue weighted by Crippen LogP contribution is -2.40. The van der Waals surface area contributed by atoms with Gasteiger partial charge in [0.25, 0.3) is 0 Å². The van der Waals surface area contributed by atoms with Crippen LogP contribution in [0.15, 0.2) is 53.6 Å². The molecule has 1 amide bonds. The first-order valence-corrected chi connectivity index (χ1v) is 12.0. The molecule has 0 saturated carbocycles. The summed E-state index contributed by atoms with van der Waals surface area (Å²) in [7, 11) is 2.07. The molecule has 1 saturated heterocycles. The first-order chi connectivity index (χ1) is 14.5. The lowest BCUT2D eigenvalue weighted by molar-refractivity contribution is -0.126. The van der Waals surface area contributed by atoms with Gasteiger partial charge < -0.3 is 9.88 Å². The number of fused-ring (bicyclic) bond motifs is 1. The quantitative estimate of drug-likeness (QED) is 0.542. The number of carbonyl (C=O) groups is 1. The molecule has 1 N–H and O–H groups in total. The van der Waals surface area contributed by atoms with Crippen molar-refractivity contribution in [3.05, 3.63) is 64.8 Å². The third kappa shape index (κ3) is 4.85. The van der Waals surface area contributed by atoms with E-state index in [1.807, 2.05) is 6.07 Å². The van der Waals surface area contributed by atoms with Gasteiger partial charge in [-0.25, -0.2) is 0 Å². The summed E-state index contributed by atoms with van der Waals surface area (Å²) in [5, 5.41) is 5.11. The number of thioether (sulfide) groups is 1. The Morgan fingerprint density at radius 2 is 1.90 bits per heavy atom. The van der Waals surface area contributed by atoms with Crippen molar-refractivity contribution < 1.29 is 4.79 Å². The molecule has 0 unspecified atom stereocenters. The first-order valence-electron chi connectivity index (χ1n) is 10.4. The number of likely N-dealkylation sites (tertiary alicyclic amines) is 1. The van der Waals surface area contributed by atoms with Gasteiger partial charge in [-0.1, -0.05) is 23.7 Å². The fourth-order valence-corrected chi connectivity index (χ4v) is 4.82. The topological polar surface area (TPSA) is 37.3 Å². The lowest BCUT2D eigenvalue weighted by Gasteiger charge is -2.31. The Bertz CT molecular complexity index is 1020. The third-order valence-electron chi connectivity index (χ3n) is 6.01. The molecule has 2 aromatic carbocycles. The van der Waals surface area contributed by atoms with Crippen LogP contribution in [0.4, 0.5) is 0 Å². The number of halogens is 1. The molecule has 4 rings (SSSR count). The predicted octanol–water partition coefficient (Wildman–Crippen LogP) is 5.08. The summed E-state index contributed by atoms with van der Waals surface area (Å²) in [6.45, 7) is 3.38. The van der Waals surface area contributed by atoms with Crippen molar-refractivity contribution in [2.24, 2.45) is 13.0 Å². The second-order valence-electron chi connectivity index (χ2n) is 8.04. The number of amides is 1. The van der Waals surface area contributed by atoms with Gasteiger partial charge in [-0.05, 0) is 73.6 Å². The molecule has 0 bridgehead atoms. The smallest absolute Gasteiger partial charge is 0.223 e. The maximum Gasteiger partial charge on any atom is 0.223 e. The second-order valence-corrected chi connectivity index (χ2v) is 9.36. The van der Waals surface area contributed by atoms with Gasteiger partial charge in [0.05, 0.1) is 0 Å². The molecule has 158 valence electrons. The second kappa shape index (κ2) is 9.46. The summed E-state index contributed by atoms with van der Waals surface area (Å²) < 4.78 is 2.16. The highest BCUT2D eigenvalue weighted by Crippen LogP contribution is 2.27. The molecule has 6 heteroatoms. The molecule has 1 fully saturated rings. The highest BCUT2D eigenvalue weighted by molar-refractivity contribution is 7.98. The van der Waals surface area contributed by atoms with Crippen LogP contribution in [0, 0.1) is 5.92 Å². The molecular weight excluding hydrogens is 414 g/mol. The van der Waals surface area contributed by atoms with E-state index in [0.717, 1.165) is 43.1 Å². The summed E-state index contributed by atoms with van der Waals surface area (Å²) in [4.78, 5) is 16.3. The Balaban J connectivity index is 1.29. The van der Waals surface area contributed by atoms with E-state index in [1.54, 1.807) is 11.8 Å². The number of rotatable bonds is 6. The van der Waals surface area contributed by atoms with Crippen molar-refractivity contribution in [1.82, 2.24) is 14.8 Å². The number of aryl methyl sites for hydroxylation is 1. The van der Waals surface area contributed by atoms with E-state index in [-0.39, 0.29) is 11.8 Å². The van der Waals surface area contributed by atoms with Crippen molar-refractivity contribution in [3.8, 4) is 0 Å². The molecule has 1 aliphatic rings. The SMILES string of the molecule is CSc1ccc(CNC(=O)C2CCN(Cc3cn(C)c4ccc(Cl)cc34)CC2)cc1. The van der Waals surface area contributed by atoms with E-state index < -0.39 is 0 Å². The Kier molecular flexibility index (Phi) is 6.71. The van der Waals surface area contributed by atoms with E-state index in [1.165, 1.54) is 21.4 Å². The van der Waals surface area contributed by atoms with Gasteiger partial charge in [-0.3, -0.25) is 9.69 Å². The van der Waals surface area contributed by atoms with Crippen molar-refractivity contribution in [1.29, 1.82) is 0 Å². The van der Waals surface area contributed by atoms with Crippen molar-refractivity contribution in [2.75, 3.05) is 19.3 Å². The van der Waals surface area contributed by atoms with Gasteiger partial charge in [0.15, 0.2) is 0 Å². The average molecular weight is 442 g/mol.